The van der Waals surface area contributed by atoms with Gasteiger partial charge in [-0.15, -0.1) is 0 Å². The number of rotatable bonds is 8. The lowest BCUT2D eigenvalue weighted by atomic mass is 10.1. The van der Waals surface area contributed by atoms with Crippen LogP contribution in [0.25, 0.3) is 0 Å². The molecule has 2 aliphatic rings. The molecule has 3 rings (SSSR count). The van der Waals surface area contributed by atoms with E-state index in [0.29, 0.717) is 5.91 Å². The van der Waals surface area contributed by atoms with Crippen molar-refractivity contribution in [2.24, 2.45) is 4.99 Å². The summed E-state index contributed by atoms with van der Waals surface area (Å²) in [7, 11) is -1.08. The maximum Gasteiger partial charge on any atom is 0.222 e. The third kappa shape index (κ3) is 4.30. The van der Waals surface area contributed by atoms with E-state index in [1.54, 1.807) is 0 Å². The number of carbonyl (C=O) groups excluding carboxylic acids is 1. The number of unbranched alkanes of at least 4 members (excludes halogenated alkanes) is 1. The standard InChI is InChI=1S/C18H25N3O2S/c22-17-8-1-3-12-21(17)13-4-2-10-19-11-9-15-6-5-7-16-18(15)24(23)14-20-16/h5-7,14,19H,1-4,8-13H2. The van der Waals surface area contributed by atoms with Crippen LogP contribution in [0.2, 0.25) is 0 Å². The van der Waals surface area contributed by atoms with Gasteiger partial charge in [-0.2, -0.15) is 0 Å². The van der Waals surface area contributed by atoms with Crippen LogP contribution >= 0.6 is 0 Å². The van der Waals surface area contributed by atoms with Crippen molar-refractivity contribution in [1.29, 1.82) is 0 Å². The maximum absolute atomic E-state index is 11.9. The molecule has 1 aromatic rings. The zero-order chi connectivity index (χ0) is 16.8. The second-order valence-corrected chi connectivity index (χ2v) is 7.56. The monoisotopic (exact) mass is 347 g/mol. The van der Waals surface area contributed by atoms with Gasteiger partial charge in [0.15, 0.2) is 0 Å². The summed E-state index contributed by atoms with van der Waals surface area (Å²) in [5, 5.41) is 3.45. The van der Waals surface area contributed by atoms with E-state index in [1.807, 2.05) is 23.1 Å². The summed E-state index contributed by atoms with van der Waals surface area (Å²) in [6.07, 6.45) is 5.92. The highest BCUT2D eigenvalue weighted by atomic mass is 32.2. The van der Waals surface area contributed by atoms with Crippen molar-refractivity contribution in [3.05, 3.63) is 23.8 Å². The number of piperidine rings is 1. The largest absolute Gasteiger partial charge is 0.343 e. The van der Waals surface area contributed by atoms with Crippen LogP contribution in [-0.4, -0.2) is 46.7 Å². The van der Waals surface area contributed by atoms with Crippen molar-refractivity contribution in [3.63, 3.8) is 0 Å². The van der Waals surface area contributed by atoms with Crippen LogP contribution in [0, 0.1) is 0 Å². The van der Waals surface area contributed by atoms with Crippen LogP contribution in [-0.2, 0) is 22.0 Å². The number of benzene rings is 1. The minimum absolute atomic E-state index is 0.322. The number of hydrogen-bond donors (Lipinski definition) is 1. The van der Waals surface area contributed by atoms with E-state index in [9.17, 15) is 9.00 Å². The minimum atomic E-state index is -1.08. The predicted molar refractivity (Wildman–Crippen MR) is 97.2 cm³/mol. The molecule has 130 valence electrons. The molecule has 0 radical (unpaired) electrons. The fourth-order valence-electron chi connectivity index (χ4n) is 3.26. The molecule has 5 nitrogen and oxygen atoms in total. The van der Waals surface area contributed by atoms with Gasteiger partial charge in [0.25, 0.3) is 0 Å². The van der Waals surface area contributed by atoms with E-state index >= 15 is 0 Å². The van der Waals surface area contributed by atoms with Gasteiger partial charge in [-0.25, -0.2) is 9.20 Å². The van der Waals surface area contributed by atoms with Crippen LogP contribution in [0.3, 0.4) is 0 Å². The molecule has 2 aliphatic heterocycles. The Balaban J connectivity index is 1.32. The fraction of sp³-hybridized carbons (Fsp3) is 0.556. The predicted octanol–water partition coefficient (Wildman–Crippen LogP) is 2.39. The summed E-state index contributed by atoms with van der Waals surface area (Å²) >= 11 is 0. The molecule has 6 heteroatoms. The summed E-state index contributed by atoms with van der Waals surface area (Å²) < 4.78 is 11.9. The first-order valence-corrected chi connectivity index (χ1v) is 10.0. The number of nitrogens with zero attached hydrogens (tertiary/aromatic N) is 2. The molecular weight excluding hydrogens is 322 g/mol. The number of fused-ring (bicyclic) bond motifs is 1. The highest BCUT2D eigenvalue weighted by Gasteiger charge is 2.18. The van der Waals surface area contributed by atoms with E-state index in [2.05, 4.69) is 10.3 Å². The van der Waals surface area contributed by atoms with Crippen molar-refractivity contribution >= 4 is 27.9 Å². The average Bonchev–Trinajstić information content (AvgIpc) is 2.98. The SMILES string of the molecule is O=C1CCCCN1CCCCNCCc1cccc2c1S(=O)C=N2. The van der Waals surface area contributed by atoms with Crippen LogP contribution in [0.5, 0.6) is 0 Å². The molecule has 0 spiro atoms. The smallest absolute Gasteiger partial charge is 0.222 e. The number of likely N-dealkylation sites (tertiary alicyclic amines) is 1. The molecular formula is C18H25N3O2S. The van der Waals surface area contributed by atoms with Crippen molar-refractivity contribution in [3.8, 4) is 0 Å². The quantitative estimate of drug-likeness (QED) is 0.735. The Morgan fingerprint density at radius 2 is 2.12 bits per heavy atom. The van der Waals surface area contributed by atoms with Crippen LogP contribution < -0.4 is 5.32 Å². The van der Waals surface area contributed by atoms with Gasteiger partial charge in [-0.3, -0.25) is 4.79 Å². The molecule has 2 heterocycles. The molecule has 0 aromatic heterocycles. The van der Waals surface area contributed by atoms with Gasteiger partial charge in [-0.05, 0) is 56.8 Å². The lowest BCUT2D eigenvalue weighted by Gasteiger charge is -2.26. The molecule has 24 heavy (non-hydrogen) atoms. The van der Waals surface area contributed by atoms with E-state index < -0.39 is 10.8 Å². The Kier molecular flexibility index (Phi) is 6.15. The number of nitrogens with one attached hydrogen (secondary N) is 1. The number of carbonyl (C=O) groups is 1. The van der Waals surface area contributed by atoms with Gasteiger partial charge >= 0.3 is 0 Å². The van der Waals surface area contributed by atoms with E-state index in [0.717, 1.165) is 80.9 Å². The first kappa shape index (κ1) is 17.3. The maximum atomic E-state index is 11.9. The van der Waals surface area contributed by atoms with Gasteiger partial charge in [0.05, 0.1) is 26.9 Å². The van der Waals surface area contributed by atoms with Crippen LogP contribution in [0.4, 0.5) is 5.69 Å². The summed E-state index contributed by atoms with van der Waals surface area (Å²) in [6.45, 7) is 3.65. The molecule has 1 saturated heterocycles. The molecule has 0 aliphatic carbocycles. The van der Waals surface area contributed by atoms with Gasteiger partial charge in [0.2, 0.25) is 5.91 Å². The number of amides is 1. The van der Waals surface area contributed by atoms with Gasteiger partial charge < -0.3 is 10.2 Å². The summed E-state index contributed by atoms with van der Waals surface area (Å²) in [6, 6.07) is 5.92. The van der Waals surface area contributed by atoms with Crippen LogP contribution in [0.1, 0.15) is 37.7 Å². The molecule has 1 fully saturated rings. The average molecular weight is 347 g/mol. The minimum Gasteiger partial charge on any atom is -0.343 e. The second kappa shape index (κ2) is 8.53. The van der Waals surface area contributed by atoms with Gasteiger partial charge in [-0.1, -0.05) is 12.1 Å². The van der Waals surface area contributed by atoms with E-state index in [1.165, 1.54) is 5.55 Å². The lowest BCUT2D eigenvalue weighted by Crippen LogP contribution is -2.36. The second-order valence-electron chi connectivity index (χ2n) is 6.34. The third-order valence-corrected chi connectivity index (χ3v) is 5.76. The molecule has 1 aromatic carbocycles. The Hall–Kier alpha value is -1.53. The third-order valence-electron chi connectivity index (χ3n) is 4.59. The summed E-state index contributed by atoms with van der Waals surface area (Å²) in [5.74, 6) is 0.322. The highest BCUT2D eigenvalue weighted by molar-refractivity contribution is 7.99. The molecule has 0 bridgehead atoms. The van der Waals surface area contributed by atoms with Crippen LogP contribution in [0.15, 0.2) is 28.1 Å². The van der Waals surface area contributed by atoms with Crippen molar-refractivity contribution < 1.29 is 9.00 Å². The van der Waals surface area contributed by atoms with E-state index in [-0.39, 0.29) is 0 Å². The van der Waals surface area contributed by atoms with Gasteiger partial charge in [0, 0.05) is 19.5 Å². The lowest BCUT2D eigenvalue weighted by molar-refractivity contribution is -0.133. The zero-order valence-corrected chi connectivity index (χ0v) is 14.8. The molecule has 1 unspecified atom stereocenters. The first-order valence-electron chi connectivity index (χ1n) is 8.81. The molecule has 1 N–H and O–H groups in total. The Labute approximate surface area is 146 Å². The highest BCUT2D eigenvalue weighted by Crippen LogP contribution is 2.30. The topological polar surface area (TPSA) is 61.8 Å². The molecule has 0 saturated carbocycles. The summed E-state index contributed by atoms with van der Waals surface area (Å²) in [5.41, 5.74) is 3.48. The molecule has 1 amide bonds. The molecule has 1 atom stereocenters. The Morgan fingerprint density at radius 3 is 3.00 bits per heavy atom. The zero-order valence-electron chi connectivity index (χ0n) is 14.0. The number of hydrogen-bond acceptors (Lipinski definition) is 4. The normalized spacial score (nSPS) is 19.8. The van der Waals surface area contributed by atoms with E-state index in [4.69, 9.17) is 0 Å². The van der Waals surface area contributed by atoms with Crippen molar-refractivity contribution in [2.45, 2.75) is 43.4 Å². The van der Waals surface area contributed by atoms with Gasteiger partial charge in [0.1, 0.15) is 0 Å². The number of aliphatic imine (C=N–C) groups is 1. The Morgan fingerprint density at radius 1 is 1.21 bits per heavy atom. The van der Waals surface area contributed by atoms with Crippen molar-refractivity contribution in [2.75, 3.05) is 26.2 Å². The summed E-state index contributed by atoms with van der Waals surface area (Å²) in [4.78, 5) is 18.8. The first-order chi connectivity index (χ1) is 11.8. The van der Waals surface area contributed by atoms with Crippen molar-refractivity contribution in [1.82, 2.24) is 10.2 Å². The fourth-order valence-corrected chi connectivity index (χ4v) is 4.33. The Bertz CT molecular complexity index is 645.